The van der Waals surface area contributed by atoms with E-state index >= 15 is 0 Å². The fourth-order valence-corrected chi connectivity index (χ4v) is 2.26. The van der Waals surface area contributed by atoms with Crippen LogP contribution in [0.4, 0.5) is 5.69 Å². The molecule has 0 aromatic carbocycles. The highest BCUT2D eigenvalue weighted by Gasteiger charge is 2.23. The van der Waals surface area contributed by atoms with Crippen molar-refractivity contribution in [2.75, 3.05) is 11.4 Å². The van der Waals surface area contributed by atoms with E-state index in [0.29, 0.717) is 17.4 Å². The Kier molecular flexibility index (Phi) is 4.96. The highest BCUT2D eigenvalue weighted by Crippen LogP contribution is 2.27. The SMILES string of the molecule is CCC(C)C(=O)N(CC)c1cn(-c2cccnc2)nc1Cl. The third-order valence-corrected chi connectivity index (χ3v) is 3.74. The topological polar surface area (TPSA) is 51.0 Å². The molecule has 6 heteroatoms. The van der Waals surface area contributed by atoms with E-state index in [4.69, 9.17) is 11.6 Å². The Morgan fingerprint density at radius 3 is 2.81 bits per heavy atom. The van der Waals surface area contributed by atoms with Crippen molar-refractivity contribution >= 4 is 23.2 Å². The molecule has 2 aromatic rings. The Labute approximate surface area is 129 Å². The number of amides is 1. The maximum atomic E-state index is 12.4. The first-order valence-electron chi connectivity index (χ1n) is 7.05. The number of anilines is 1. The van der Waals surface area contributed by atoms with Crippen LogP contribution in [-0.2, 0) is 4.79 Å². The second-order valence-corrected chi connectivity index (χ2v) is 5.21. The first-order valence-corrected chi connectivity index (χ1v) is 7.43. The molecule has 0 bridgehead atoms. The van der Waals surface area contributed by atoms with Gasteiger partial charge in [-0.05, 0) is 25.5 Å². The van der Waals surface area contributed by atoms with Gasteiger partial charge in [0.25, 0.3) is 0 Å². The number of halogens is 1. The number of hydrogen-bond donors (Lipinski definition) is 0. The molecule has 1 atom stereocenters. The lowest BCUT2D eigenvalue weighted by Crippen LogP contribution is -2.34. The van der Waals surface area contributed by atoms with Crippen LogP contribution in [0, 0.1) is 5.92 Å². The van der Waals surface area contributed by atoms with Crippen molar-refractivity contribution in [3.8, 4) is 5.69 Å². The molecule has 0 saturated heterocycles. The van der Waals surface area contributed by atoms with Gasteiger partial charge < -0.3 is 4.90 Å². The number of nitrogens with zero attached hydrogens (tertiary/aromatic N) is 4. The molecule has 0 spiro atoms. The number of aromatic nitrogens is 3. The minimum absolute atomic E-state index is 0.0391. The number of pyridine rings is 1. The minimum atomic E-state index is -0.0391. The van der Waals surface area contributed by atoms with Crippen molar-refractivity contribution in [1.82, 2.24) is 14.8 Å². The summed E-state index contributed by atoms with van der Waals surface area (Å²) in [6, 6.07) is 3.71. The fourth-order valence-electron chi connectivity index (χ4n) is 2.03. The van der Waals surface area contributed by atoms with Crippen LogP contribution in [0.3, 0.4) is 0 Å². The summed E-state index contributed by atoms with van der Waals surface area (Å²) in [4.78, 5) is 18.2. The first kappa shape index (κ1) is 15.5. The molecule has 1 amide bonds. The molecule has 2 heterocycles. The lowest BCUT2D eigenvalue weighted by molar-refractivity contribution is -0.121. The molecule has 2 aromatic heterocycles. The van der Waals surface area contributed by atoms with Crippen LogP contribution in [-0.4, -0.2) is 27.2 Å². The number of carbonyl (C=O) groups excluding carboxylic acids is 1. The molecule has 0 aliphatic rings. The minimum Gasteiger partial charge on any atom is -0.308 e. The predicted molar refractivity (Wildman–Crippen MR) is 83.9 cm³/mol. The van der Waals surface area contributed by atoms with Gasteiger partial charge in [-0.25, -0.2) is 4.68 Å². The van der Waals surface area contributed by atoms with E-state index in [1.807, 2.05) is 32.9 Å². The summed E-state index contributed by atoms with van der Waals surface area (Å²) in [5.74, 6) is 0.0235. The van der Waals surface area contributed by atoms with Crippen molar-refractivity contribution in [3.63, 3.8) is 0 Å². The molecule has 0 aliphatic carbocycles. The molecule has 0 saturated carbocycles. The van der Waals surface area contributed by atoms with Crippen LogP contribution >= 0.6 is 11.6 Å². The molecule has 2 rings (SSSR count). The highest BCUT2D eigenvalue weighted by molar-refractivity contribution is 6.32. The summed E-state index contributed by atoms with van der Waals surface area (Å²) in [6.45, 7) is 6.40. The first-order chi connectivity index (χ1) is 10.1. The summed E-state index contributed by atoms with van der Waals surface area (Å²) in [7, 11) is 0. The van der Waals surface area contributed by atoms with Gasteiger partial charge in [0.05, 0.1) is 18.1 Å². The largest absolute Gasteiger partial charge is 0.308 e. The van der Waals surface area contributed by atoms with Gasteiger partial charge in [-0.3, -0.25) is 9.78 Å². The zero-order valence-corrected chi connectivity index (χ0v) is 13.2. The van der Waals surface area contributed by atoms with Crippen molar-refractivity contribution in [2.45, 2.75) is 27.2 Å². The molecule has 0 fully saturated rings. The van der Waals surface area contributed by atoms with E-state index in [2.05, 4.69) is 10.1 Å². The number of carbonyl (C=O) groups is 1. The van der Waals surface area contributed by atoms with Gasteiger partial charge in [0.15, 0.2) is 5.15 Å². The number of hydrogen-bond acceptors (Lipinski definition) is 3. The van der Waals surface area contributed by atoms with Gasteiger partial charge in [-0.15, -0.1) is 0 Å². The molecule has 0 aliphatic heterocycles. The molecule has 5 nitrogen and oxygen atoms in total. The van der Waals surface area contributed by atoms with Crippen LogP contribution in [0.25, 0.3) is 5.69 Å². The molecule has 0 radical (unpaired) electrons. The van der Waals surface area contributed by atoms with Gasteiger partial charge in [0.2, 0.25) is 5.91 Å². The normalized spacial score (nSPS) is 12.2. The van der Waals surface area contributed by atoms with Gasteiger partial charge in [-0.2, -0.15) is 5.10 Å². The van der Waals surface area contributed by atoms with E-state index in [1.54, 1.807) is 28.2 Å². The third-order valence-electron chi connectivity index (χ3n) is 3.47. The summed E-state index contributed by atoms with van der Waals surface area (Å²) in [5.41, 5.74) is 1.44. The Balaban J connectivity index is 2.35. The fraction of sp³-hybridized carbons (Fsp3) is 0.400. The predicted octanol–water partition coefficient (Wildman–Crippen LogP) is 3.32. The van der Waals surface area contributed by atoms with Crippen LogP contribution < -0.4 is 4.90 Å². The molecular weight excluding hydrogens is 288 g/mol. The van der Waals surface area contributed by atoms with Gasteiger partial charge >= 0.3 is 0 Å². The van der Waals surface area contributed by atoms with E-state index in [0.717, 1.165) is 12.1 Å². The molecule has 112 valence electrons. The van der Waals surface area contributed by atoms with E-state index in [1.165, 1.54) is 0 Å². The van der Waals surface area contributed by atoms with Crippen molar-refractivity contribution in [1.29, 1.82) is 0 Å². The maximum Gasteiger partial charge on any atom is 0.229 e. The second-order valence-electron chi connectivity index (χ2n) is 4.85. The summed E-state index contributed by atoms with van der Waals surface area (Å²) in [6.07, 6.45) is 5.95. The Morgan fingerprint density at radius 2 is 2.24 bits per heavy atom. The lowest BCUT2D eigenvalue weighted by Gasteiger charge is -2.22. The highest BCUT2D eigenvalue weighted by atomic mass is 35.5. The van der Waals surface area contributed by atoms with E-state index in [9.17, 15) is 4.79 Å². The average Bonchev–Trinajstić information content (AvgIpc) is 2.90. The van der Waals surface area contributed by atoms with E-state index in [-0.39, 0.29) is 11.8 Å². The Hall–Kier alpha value is -1.88. The monoisotopic (exact) mass is 306 g/mol. The van der Waals surface area contributed by atoms with Gasteiger partial charge in [0.1, 0.15) is 5.69 Å². The summed E-state index contributed by atoms with van der Waals surface area (Å²) >= 11 is 6.21. The van der Waals surface area contributed by atoms with Gasteiger partial charge in [0, 0.05) is 18.7 Å². The third kappa shape index (κ3) is 3.24. The smallest absolute Gasteiger partial charge is 0.229 e. The van der Waals surface area contributed by atoms with Crippen LogP contribution in [0.5, 0.6) is 0 Å². The zero-order chi connectivity index (χ0) is 15.4. The average molecular weight is 307 g/mol. The quantitative estimate of drug-likeness (QED) is 0.851. The Morgan fingerprint density at radius 1 is 1.48 bits per heavy atom. The standard InChI is InChI=1S/C15H19ClN4O/c1-4-11(3)15(21)19(5-2)13-10-20(18-14(13)16)12-7-6-8-17-9-12/h6-11H,4-5H2,1-3H3. The van der Waals surface area contributed by atoms with Crippen LogP contribution in [0.2, 0.25) is 5.15 Å². The summed E-state index contributed by atoms with van der Waals surface area (Å²) < 4.78 is 1.64. The van der Waals surface area contributed by atoms with Gasteiger partial charge in [-0.1, -0.05) is 25.4 Å². The van der Waals surface area contributed by atoms with Crippen molar-refractivity contribution < 1.29 is 4.79 Å². The van der Waals surface area contributed by atoms with Crippen LogP contribution in [0.15, 0.2) is 30.7 Å². The molecular formula is C15H19ClN4O. The molecule has 21 heavy (non-hydrogen) atoms. The Bertz CT molecular complexity index is 611. The zero-order valence-electron chi connectivity index (χ0n) is 12.5. The molecule has 0 N–H and O–H groups in total. The summed E-state index contributed by atoms with van der Waals surface area (Å²) in [5, 5.41) is 4.58. The second kappa shape index (κ2) is 6.72. The van der Waals surface area contributed by atoms with Crippen molar-refractivity contribution in [2.24, 2.45) is 5.92 Å². The van der Waals surface area contributed by atoms with Crippen molar-refractivity contribution in [3.05, 3.63) is 35.9 Å². The maximum absolute atomic E-state index is 12.4. The molecule has 1 unspecified atom stereocenters. The van der Waals surface area contributed by atoms with E-state index < -0.39 is 0 Å². The van der Waals surface area contributed by atoms with Crippen LogP contribution in [0.1, 0.15) is 27.2 Å². The lowest BCUT2D eigenvalue weighted by atomic mass is 10.1. The number of rotatable bonds is 5.